The summed E-state index contributed by atoms with van der Waals surface area (Å²) in [7, 11) is 0. The summed E-state index contributed by atoms with van der Waals surface area (Å²) in [6.45, 7) is 0. The van der Waals surface area contributed by atoms with Gasteiger partial charge in [-0.1, -0.05) is 11.6 Å². The Kier molecular flexibility index (Phi) is 13.5. The van der Waals surface area contributed by atoms with Crippen LogP contribution in [-0.4, -0.2) is 107 Å². The minimum atomic E-state index is -9.46. The Morgan fingerprint density at radius 1 is 0.316 bits per heavy atom. The maximum atomic E-state index is 14.5. The lowest BCUT2D eigenvalue weighted by molar-refractivity contribution is -0.598. The Morgan fingerprint density at radius 2 is 0.509 bits per heavy atom. The van der Waals surface area contributed by atoms with Gasteiger partial charge >= 0.3 is 102 Å². The zero-order valence-electron chi connectivity index (χ0n) is 23.9. The van der Waals surface area contributed by atoms with Crippen LogP contribution in [-0.2, 0) is 28.5 Å². The van der Waals surface area contributed by atoms with E-state index >= 15 is 0 Å². The predicted molar refractivity (Wildman–Crippen MR) is 98.1 cm³/mol. The molecule has 0 aromatic carbocycles. The summed E-state index contributed by atoms with van der Waals surface area (Å²) in [5.41, 5.74) is 0. The number of alkyl halides is 33. The van der Waals surface area contributed by atoms with Crippen molar-refractivity contribution >= 4 is 17.6 Å². The van der Waals surface area contributed by atoms with Gasteiger partial charge in [0.15, 0.2) is 0 Å². The maximum Gasteiger partial charge on any atom is 0.459 e. The molecule has 0 bridgehead atoms. The number of carbonyl (C=O) groups is 1. The quantitative estimate of drug-likeness (QED) is 0.122. The number of rotatable bonds is 16. The van der Waals surface area contributed by atoms with Crippen molar-refractivity contribution in [2.45, 2.75) is 96.1 Å². The highest BCUT2D eigenvalue weighted by Gasteiger charge is 2.90. The lowest BCUT2D eigenvalue weighted by atomic mass is 10.2. The highest BCUT2D eigenvalue weighted by atomic mass is 35.5. The highest BCUT2D eigenvalue weighted by molar-refractivity contribution is 6.24. The predicted octanol–water partition coefficient (Wildman–Crippen LogP) is 10.1. The molecule has 342 valence electrons. The van der Waals surface area contributed by atoms with E-state index in [1.165, 1.54) is 4.74 Å². The lowest BCUT2D eigenvalue weighted by Crippen LogP contribution is -2.72. The minimum absolute atomic E-state index is 0.763. The van der Waals surface area contributed by atoms with E-state index in [4.69, 9.17) is 5.11 Å². The summed E-state index contributed by atoms with van der Waals surface area (Å²) in [6, 6.07) is 0. The van der Waals surface area contributed by atoms with Crippen LogP contribution in [0, 0.1) is 0 Å². The van der Waals surface area contributed by atoms with E-state index in [-0.39, 0.29) is 0 Å². The summed E-state index contributed by atoms with van der Waals surface area (Å²) >= 11 is 3.38. The second-order valence-corrected chi connectivity index (χ2v) is 9.88. The third-order valence-corrected chi connectivity index (χ3v) is 5.69. The van der Waals surface area contributed by atoms with Crippen molar-refractivity contribution in [1.29, 1.82) is 0 Å². The van der Waals surface area contributed by atoms with Crippen LogP contribution in [0.25, 0.3) is 0 Å². The molecule has 0 aromatic rings. The van der Waals surface area contributed by atoms with Gasteiger partial charge in [0.05, 0.1) is 0 Å². The molecule has 0 saturated heterocycles. The number of hydrogen-bond donors (Lipinski definition) is 1. The number of carboxylic acids is 1. The summed E-state index contributed by atoms with van der Waals surface area (Å²) < 4.78 is 434. The second kappa shape index (κ2) is 14.2. The molecule has 0 heterocycles. The van der Waals surface area contributed by atoms with Crippen molar-refractivity contribution in [1.82, 2.24) is 0 Å². The zero-order valence-corrected chi connectivity index (χ0v) is 24.6. The third kappa shape index (κ3) is 9.23. The molecule has 0 fully saturated rings. The van der Waals surface area contributed by atoms with Crippen LogP contribution in [0.1, 0.15) is 0 Å². The van der Waals surface area contributed by atoms with E-state index < -0.39 is 102 Å². The molecule has 0 aliphatic heterocycles. The molecule has 0 saturated carbocycles. The molecule has 0 aliphatic rings. The Balaban J connectivity index is 7.88. The molecular formula is C17HClF32O7. The molecule has 0 amide bonds. The van der Waals surface area contributed by atoms with Gasteiger partial charge in [0, 0.05) is 0 Å². The Labute approximate surface area is 289 Å². The van der Waals surface area contributed by atoms with Crippen LogP contribution in [0.3, 0.4) is 0 Å². The van der Waals surface area contributed by atoms with Gasteiger partial charge in [-0.3, -0.25) is 18.9 Å². The summed E-state index contributed by atoms with van der Waals surface area (Å²) in [4.78, 5) is 10.1. The SMILES string of the molecule is O=C(O)C(F)(F)OC(F)(C(F)(F)F)C(F)(F)OC(F)(C(F)(F)F)C(F)(F)OC(F)(C(F)(F)F)C(F)(F)OC(F)(C(F)(F)F)C(F)(F)OC(F)(F)C(F)(Cl)C(F)(F)F. The monoisotopic (exact) mass is 960 g/mol. The van der Waals surface area contributed by atoms with Crippen LogP contribution in [0.15, 0.2) is 0 Å². The topological polar surface area (TPSA) is 83.5 Å². The van der Waals surface area contributed by atoms with Crippen molar-refractivity contribution in [3.05, 3.63) is 0 Å². The Morgan fingerprint density at radius 3 is 0.684 bits per heavy atom. The van der Waals surface area contributed by atoms with Crippen molar-refractivity contribution in [3.63, 3.8) is 0 Å². The fourth-order valence-corrected chi connectivity index (χ4v) is 2.57. The standard InChI is InChI=1S/C17HClF32O7/c18-3(21,8(26,27)28)13(41,42)57-17(49,50)7(25,12(38,39)40)56-16(47,48)6(24,11(35,36)37)55-15(45,46)5(23,10(32,33)34)54-14(43,44)4(22,9(29,30)31)53-2(19,20)1(51)52/h(H,51,52). The first-order valence-corrected chi connectivity index (χ1v) is 11.8. The summed E-state index contributed by atoms with van der Waals surface area (Å²) in [5.74, 6) is -41.0. The van der Waals surface area contributed by atoms with Crippen LogP contribution >= 0.6 is 11.6 Å². The van der Waals surface area contributed by atoms with Crippen molar-refractivity contribution < 1.29 is 174 Å². The van der Waals surface area contributed by atoms with Gasteiger partial charge < -0.3 is 5.11 Å². The average molecular weight is 961 g/mol. The molecule has 0 aromatic heterocycles. The van der Waals surface area contributed by atoms with E-state index in [0.717, 1.165) is 18.9 Å². The fourth-order valence-electron chi connectivity index (χ4n) is 2.53. The summed E-state index contributed by atoms with van der Waals surface area (Å²) in [5, 5.41) is 0.392. The molecule has 5 unspecified atom stereocenters. The van der Waals surface area contributed by atoms with Gasteiger partial charge in [0.1, 0.15) is 0 Å². The Hall–Kier alpha value is -2.68. The summed E-state index contributed by atoms with van der Waals surface area (Å²) in [6.07, 6.45) is -95.0. The van der Waals surface area contributed by atoms with Gasteiger partial charge in [0.25, 0.3) is 0 Å². The highest BCUT2D eigenvalue weighted by Crippen LogP contribution is 2.62. The molecule has 0 radical (unpaired) electrons. The van der Waals surface area contributed by atoms with Gasteiger partial charge in [0.2, 0.25) is 0 Å². The molecular weight excluding hydrogens is 960 g/mol. The third-order valence-electron chi connectivity index (χ3n) is 5.26. The number of carboxylic acid groups (broad SMARTS) is 1. The molecule has 0 spiro atoms. The largest absolute Gasteiger partial charge is 0.475 e. The van der Waals surface area contributed by atoms with Crippen LogP contribution in [0.5, 0.6) is 0 Å². The first kappa shape index (κ1) is 54.3. The van der Waals surface area contributed by atoms with E-state index in [1.54, 1.807) is 0 Å². The maximum absolute atomic E-state index is 14.5. The van der Waals surface area contributed by atoms with Gasteiger partial charge in [-0.25, -0.2) is 13.9 Å². The molecule has 5 atom stereocenters. The number of ether oxygens (including phenoxy) is 5. The van der Waals surface area contributed by atoms with Crippen molar-refractivity contribution in [3.8, 4) is 0 Å². The Bertz CT molecular complexity index is 1450. The van der Waals surface area contributed by atoms with E-state index in [2.05, 4.69) is 11.6 Å². The number of halogens is 33. The lowest BCUT2D eigenvalue weighted by Gasteiger charge is -2.44. The normalized spacial score (nSPS) is 20.9. The van der Waals surface area contributed by atoms with Crippen LogP contribution < -0.4 is 0 Å². The first-order valence-electron chi connectivity index (χ1n) is 11.5. The fraction of sp³-hybridized carbons (Fsp3) is 0.941. The van der Waals surface area contributed by atoms with Gasteiger partial charge in [-0.05, 0) is 0 Å². The average Bonchev–Trinajstić information content (AvgIpc) is 2.87. The van der Waals surface area contributed by atoms with Crippen molar-refractivity contribution in [2.75, 3.05) is 0 Å². The van der Waals surface area contributed by atoms with E-state index in [0.29, 0.717) is 0 Å². The smallest absolute Gasteiger partial charge is 0.459 e. The molecule has 0 rings (SSSR count). The number of aliphatic carboxylic acids is 1. The van der Waals surface area contributed by atoms with E-state index in [9.17, 15) is 145 Å². The molecule has 0 aliphatic carbocycles. The van der Waals surface area contributed by atoms with Crippen LogP contribution in [0.2, 0.25) is 0 Å². The molecule has 40 heteroatoms. The zero-order chi connectivity index (χ0) is 47.1. The number of hydrogen-bond acceptors (Lipinski definition) is 6. The van der Waals surface area contributed by atoms with Gasteiger partial charge in [-0.2, -0.15) is 136 Å². The van der Waals surface area contributed by atoms with Gasteiger partial charge in [-0.15, -0.1) is 0 Å². The molecule has 57 heavy (non-hydrogen) atoms. The van der Waals surface area contributed by atoms with Crippen LogP contribution in [0.4, 0.5) is 140 Å². The van der Waals surface area contributed by atoms with E-state index in [1.807, 2.05) is 0 Å². The minimum Gasteiger partial charge on any atom is -0.475 e. The van der Waals surface area contributed by atoms with Crippen molar-refractivity contribution in [2.24, 2.45) is 0 Å². The molecule has 7 nitrogen and oxygen atoms in total. The molecule has 1 N–H and O–H groups in total. The first-order chi connectivity index (χ1) is 24.0. The second-order valence-electron chi connectivity index (χ2n) is 9.36.